The van der Waals surface area contributed by atoms with Crippen molar-refractivity contribution < 1.29 is 28.5 Å². The number of phosphoric acid groups is 1. The lowest BCUT2D eigenvalue weighted by Gasteiger charge is -2.31. The van der Waals surface area contributed by atoms with Crippen molar-refractivity contribution in [3.8, 4) is 11.1 Å². The Balaban J connectivity index is 1.52. The number of rotatable bonds is 6. The van der Waals surface area contributed by atoms with Crippen molar-refractivity contribution in [2.75, 3.05) is 5.32 Å². The Labute approximate surface area is 215 Å². The number of hydrogen-bond acceptors (Lipinski definition) is 5. The van der Waals surface area contributed by atoms with Crippen molar-refractivity contribution in [1.29, 1.82) is 0 Å². The van der Waals surface area contributed by atoms with Gasteiger partial charge in [-0.3, -0.25) is 18.7 Å². The van der Waals surface area contributed by atoms with Crippen molar-refractivity contribution in [1.82, 2.24) is 4.57 Å². The molecular weight excluding hydrogens is 493 g/mol. The van der Waals surface area contributed by atoms with Crippen LogP contribution >= 0.6 is 7.82 Å². The average Bonchev–Trinajstić information content (AvgIpc) is 3.12. The number of amides is 1. The molecule has 2 aromatic carbocycles. The first-order chi connectivity index (χ1) is 17.4. The summed E-state index contributed by atoms with van der Waals surface area (Å²) in [5.41, 5.74) is 10.2. The molecule has 5 N–H and O–H groups in total. The van der Waals surface area contributed by atoms with E-state index in [-0.39, 0.29) is 17.4 Å². The lowest BCUT2D eigenvalue weighted by molar-refractivity contribution is 0.0815. The number of hydrogen-bond donors (Lipinski definition) is 4. The zero-order chi connectivity index (χ0) is 26.5. The molecule has 10 heteroatoms. The summed E-state index contributed by atoms with van der Waals surface area (Å²) in [6, 6.07) is 13.4. The molecule has 0 unspecified atom stereocenters. The van der Waals surface area contributed by atoms with E-state index >= 15 is 0 Å². The largest absolute Gasteiger partial charge is 0.469 e. The van der Waals surface area contributed by atoms with E-state index in [9.17, 15) is 14.2 Å². The van der Waals surface area contributed by atoms with E-state index in [1.54, 1.807) is 6.07 Å². The second-order valence-electron chi connectivity index (χ2n) is 10.9. The van der Waals surface area contributed by atoms with Crippen LogP contribution in [0.4, 0.5) is 5.69 Å². The predicted molar refractivity (Wildman–Crippen MR) is 141 cm³/mol. The standard InChI is InChI=1S/C27H32N3O6P/c1-27(2)14-23-25(20-5-3-4-6-22(20)30(23)24(31)15-27)16-7-12-19(26(28)32)21(13-16)29-17-8-10-18(11-9-17)36-37(33,34)35/h3-7,12-13,17-18,29H,8-11,14-15H2,1-2H3,(H2,28,32)(H2,33,34,35). The predicted octanol–water partition coefficient (Wildman–Crippen LogP) is 4.85. The van der Waals surface area contributed by atoms with Crippen molar-refractivity contribution in [2.24, 2.45) is 11.1 Å². The molecule has 1 saturated carbocycles. The van der Waals surface area contributed by atoms with Crippen LogP contribution in [-0.4, -0.2) is 38.3 Å². The molecule has 3 aromatic rings. The fourth-order valence-electron chi connectivity index (χ4n) is 5.83. The van der Waals surface area contributed by atoms with E-state index in [1.807, 2.05) is 41.0 Å². The number of nitrogens with zero attached hydrogens (tertiary/aromatic N) is 1. The third-order valence-electron chi connectivity index (χ3n) is 7.39. The summed E-state index contributed by atoms with van der Waals surface area (Å²) >= 11 is 0. The van der Waals surface area contributed by atoms with Crippen LogP contribution in [-0.2, 0) is 15.5 Å². The molecule has 0 bridgehead atoms. The summed E-state index contributed by atoms with van der Waals surface area (Å²) in [6.07, 6.45) is 2.95. The number of nitrogens with one attached hydrogen (secondary N) is 1. The van der Waals surface area contributed by atoms with Crippen LogP contribution in [0, 0.1) is 5.41 Å². The Kier molecular flexibility index (Phi) is 6.52. The third kappa shape index (κ3) is 5.22. The molecule has 1 aromatic heterocycles. The number of aromatic nitrogens is 1. The summed E-state index contributed by atoms with van der Waals surface area (Å²) in [5, 5.41) is 4.43. The van der Waals surface area contributed by atoms with E-state index in [0.29, 0.717) is 43.4 Å². The molecule has 0 radical (unpaired) electrons. The molecule has 0 saturated heterocycles. The van der Waals surface area contributed by atoms with Gasteiger partial charge in [0.1, 0.15) is 0 Å². The minimum atomic E-state index is -4.53. The quantitative estimate of drug-likeness (QED) is 0.337. The molecule has 5 rings (SSSR count). The number of carbonyl (C=O) groups is 2. The summed E-state index contributed by atoms with van der Waals surface area (Å²) in [6.45, 7) is 4.21. The van der Waals surface area contributed by atoms with Crippen molar-refractivity contribution in [3.05, 3.63) is 53.7 Å². The van der Waals surface area contributed by atoms with Gasteiger partial charge in [0.25, 0.3) is 5.91 Å². The van der Waals surface area contributed by atoms with Crippen LogP contribution in [0.5, 0.6) is 0 Å². The van der Waals surface area contributed by atoms with Gasteiger partial charge in [-0.25, -0.2) is 4.57 Å². The summed E-state index contributed by atoms with van der Waals surface area (Å²) in [5.74, 6) is -0.470. The molecular formula is C27H32N3O6P. The molecule has 1 aliphatic heterocycles. The number of para-hydroxylation sites is 1. The number of anilines is 1. The Morgan fingerprint density at radius 3 is 2.49 bits per heavy atom. The first-order valence-electron chi connectivity index (χ1n) is 12.5. The Hall–Kier alpha value is -2.97. The molecule has 0 atom stereocenters. The number of carbonyl (C=O) groups excluding carboxylic acids is 2. The lowest BCUT2D eigenvalue weighted by atomic mass is 9.80. The molecule has 1 amide bonds. The van der Waals surface area contributed by atoms with Crippen molar-refractivity contribution >= 4 is 36.2 Å². The lowest BCUT2D eigenvalue weighted by Crippen LogP contribution is -2.31. The van der Waals surface area contributed by atoms with Crippen molar-refractivity contribution in [2.45, 2.75) is 64.5 Å². The van der Waals surface area contributed by atoms with Crippen molar-refractivity contribution in [3.63, 3.8) is 0 Å². The van der Waals surface area contributed by atoms with E-state index in [0.717, 1.165) is 34.1 Å². The maximum absolute atomic E-state index is 13.2. The summed E-state index contributed by atoms with van der Waals surface area (Å²) in [7, 11) is -4.53. The third-order valence-corrected chi connectivity index (χ3v) is 7.96. The molecule has 37 heavy (non-hydrogen) atoms. The molecule has 2 aliphatic rings. The summed E-state index contributed by atoms with van der Waals surface area (Å²) in [4.78, 5) is 43.6. The van der Waals surface area contributed by atoms with Crippen LogP contribution in [0.25, 0.3) is 22.0 Å². The molecule has 196 valence electrons. The first kappa shape index (κ1) is 25.7. The van der Waals surface area contributed by atoms with E-state index in [4.69, 9.17) is 20.0 Å². The second-order valence-corrected chi connectivity index (χ2v) is 12.1. The van der Waals surface area contributed by atoms with Gasteiger partial charge in [0.2, 0.25) is 5.91 Å². The monoisotopic (exact) mass is 525 g/mol. The minimum absolute atomic E-state index is 0.00909. The molecule has 1 fully saturated rings. The van der Waals surface area contributed by atoms with Gasteiger partial charge in [-0.2, -0.15) is 0 Å². The Morgan fingerprint density at radius 2 is 1.81 bits per heavy atom. The molecule has 0 spiro atoms. The highest BCUT2D eigenvalue weighted by Crippen LogP contribution is 2.44. The maximum Gasteiger partial charge on any atom is 0.469 e. The van der Waals surface area contributed by atoms with E-state index in [1.165, 1.54) is 0 Å². The maximum atomic E-state index is 13.2. The fourth-order valence-corrected chi connectivity index (χ4v) is 6.43. The first-order valence-corrected chi connectivity index (χ1v) is 14.1. The molecule has 1 aliphatic carbocycles. The van der Waals surface area contributed by atoms with Gasteiger partial charge in [0, 0.05) is 34.8 Å². The highest BCUT2D eigenvalue weighted by atomic mass is 31.2. The smallest absolute Gasteiger partial charge is 0.382 e. The van der Waals surface area contributed by atoms with Crippen LogP contribution in [0.15, 0.2) is 42.5 Å². The number of phosphoric ester groups is 1. The number of benzene rings is 2. The number of fused-ring (bicyclic) bond motifs is 3. The topological polar surface area (TPSA) is 144 Å². The fraction of sp³-hybridized carbons (Fsp3) is 0.407. The zero-order valence-electron chi connectivity index (χ0n) is 20.9. The highest BCUT2D eigenvalue weighted by Gasteiger charge is 2.35. The minimum Gasteiger partial charge on any atom is -0.382 e. The van der Waals surface area contributed by atoms with Gasteiger partial charge in [0.05, 0.1) is 17.2 Å². The van der Waals surface area contributed by atoms with Crippen LogP contribution in [0.2, 0.25) is 0 Å². The SMILES string of the molecule is CC1(C)CC(=O)n2c(c(-c3ccc(C(N)=O)c(NC4CCC(OP(=O)(O)O)CC4)c3)c3ccccc32)C1. The van der Waals surface area contributed by atoms with Gasteiger partial charge in [-0.05, 0) is 61.3 Å². The molecule has 9 nitrogen and oxygen atoms in total. The Bertz CT molecular complexity index is 1430. The van der Waals surface area contributed by atoms with Crippen LogP contribution in [0.1, 0.15) is 66.8 Å². The normalized spacial score (nSPS) is 21.6. The Morgan fingerprint density at radius 1 is 1.11 bits per heavy atom. The van der Waals surface area contributed by atoms with E-state index < -0.39 is 19.8 Å². The second kappa shape index (κ2) is 9.40. The van der Waals surface area contributed by atoms with Gasteiger partial charge < -0.3 is 20.8 Å². The zero-order valence-corrected chi connectivity index (χ0v) is 21.8. The number of primary amides is 1. The van der Waals surface area contributed by atoms with E-state index in [2.05, 4.69) is 19.2 Å². The summed E-state index contributed by atoms with van der Waals surface area (Å²) < 4.78 is 17.9. The van der Waals surface area contributed by atoms with Gasteiger partial charge in [0.15, 0.2) is 0 Å². The highest BCUT2D eigenvalue weighted by molar-refractivity contribution is 7.46. The average molecular weight is 526 g/mol. The van der Waals surface area contributed by atoms with Crippen LogP contribution in [0.3, 0.4) is 0 Å². The number of nitrogens with two attached hydrogens (primary N) is 1. The van der Waals surface area contributed by atoms with Crippen LogP contribution < -0.4 is 11.1 Å². The van der Waals surface area contributed by atoms with Gasteiger partial charge in [-0.15, -0.1) is 0 Å². The van der Waals surface area contributed by atoms with Gasteiger partial charge in [-0.1, -0.05) is 38.1 Å². The molecule has 2 heterocycles. The van der Waals surface area contributed by atoms with Gasteiger partial charge >= 0.3 is 7.82 Å².